The molecule has 0 spiro atoms. The van der Waals surface area contributed by atoms with Gasteiger partial charge in [0.05, 0.1) is 22.6 Å². The average molecular weight is 344 g/mol. The van der Waals surface area contributed by atoms with Crippen LogP contribution in [0.1, 0.15) is 12.8 Å². The number of H-pyrrole nitrogens is 1. The van der Waals surface area contributed by atoms with Crippen LogP contribution < -0.4 is 4.74 Å². The zero-order chi connectivity index (χ0) is 17.5. The normalized spacial score (nSPS) is 13.8. The maximum atomic E-state index is 12.2. The van der Waals surface area contributed by atoms with Gasteiger partial charge in [-0.3, -0.25) is 4.79 Å². The van der Waals surface area contributed by atoms with Crippen LogP contribution in [0.5, 0.6) is 5.88 Å². The van der Waals surface area contributed by atoms with Gasteiger partial charge < -0.3 is 9.72 Å². The summed E-state index contributed by atoms with van der Waals surface area (Å²) < 4.78 is 7.18. The van der Waals surface area contributed by atoms with Crippen LogP contribution in [0.2, 0.25) is 0 Å². The predicted molar refractivity (Wildman–Crippen MR) is 97.0 cm³/mol. The molecule has 0 radical (unpaired) electrons. The Labute approximate surface area is 149 Å². The first kappa shape index (κ1) is 14.9. The third-order valence-corrected chi connectivity index (χ3v) is 4.44. The molecule has 0 unspecified atom stereocenters. The molecule has 26 heavy (non-hydrogen) atoms. The van der Waals surface area contributed by atoms with Crippen molar-refractivity contribution in [3.63, 3.8) is 0 Å². The molecule has 1 aliphatic carbocycles. The zero-order valence-electron chi connectivity index (χ0n) is 13.9. The number of rotatable bonds is 4. The molecular formula is C20H16N4O2. The fourth-order valence-electron chi connectivity index (χ4n) is 2.88. The first-order chi connectivity index (χ1) is 12.8. The summed E-state index contributed by atoms with van der Waals surface area (Å²) in [6.45, 7) is 0. The van der Waals surface area contributed by atoms with Gasteiger partial charge in [0.2, 0.25) is 11.8 Å². The van der Waals surface area contributed by atoms with Crippen molar-refractivity contribution in [2.45, 2.75) is 12.8 Å². The average Bonchev–Trinajstić information content (AvgIpc) is 3.31. The molecule has 0 atom stereocenters. The van der Waals surface area contributed by atoms with E-state index in [-0.39, 0.29) is 11.9 Å². The monoisotopic (exact) mass is 344 g/mol. The second-order valence-electron chi connectivity index (χ2n) is 6.42. The van der Waals surface area contributed by atoms with Gasteiger partial charge in [-0.25, -0.2) is 4.98 Å². The molecule has 6 nitrogen and oxygen atoms in total. The molecule has 6 heteroatoms. The quantitative estimate of drug-likeness (QED) is 0.573. The fourth-order valence-corrected chi connectivity index (χ4v) is 2.88. The molecular weight excluding hydrogens is 328 g/mol. The lowest BCUT2D eigenvalue weighted by Gasteiger charge is -2.04. The number of ether oxygens (including phenoxy) is 1. The first-order valence-corrected chi connectivity index (χ1v) is 8.60. The maximum absolute atomic E-state index is 12.2. The molecule has 0 amide bonds. The molecule has 2 aromatic carbocycles. The highest BCUT2D eigenvalue weighted by Crippen LogP contribution is 2.32. The number of esters is 1. The second-order valence-corrected chi connectivity index (χ2v) is 6.42. The summed E-state index contributed by atoms with van der Waals surface area (Å²) in [4.78, 5) is 20.0. The Morgan fingerprint density at radius 1 is 1.08 bits per heavy atom. The minimum absolute atomic E-state index is 0.00852. The fraction of sp³-hybridized carbons (Fsp3) is 0.150. The van der Waals surface area contributed by atoms with E-state index in [1.807, 2.05) is 54.6 Å². The number of carbonyl (C=O) groups is 1. The maximum Gasteiger partial charge on any atom is 0.315 e. The smallest absolute Gasteiger partial charge is 0.315 e. The Hall–Kier alpha value is -3.41. The highest BCUT2D eigenvalue weighted by Gasteiger charge is 2.32. The van der Waals surface area contributed by atoms with E-state index >= 15 is 0 Å². The van der Waals surface area contributed by atoms with Crippen LogP contribution in [0.4, 0.5) is 0 Å². The molecule has 1 fully saturated rings. The summed E-state index contributed by atoms with van der Waals surface area (Å²) >= 11 is 0. The number of para-hydroxylation sites is 2. The van der Waals surface area contributed by atoms with Gasteiger partial charge in [-0.05, 0) is 25.0 Å². The molecule has 2 heterocycles. The lowest BCUT2D eigenvalue weighted by molar-refractivity contribution is -0.136. The van der Waals surface area contributed by atoms with E-state index in [4.69, 9.17) is 4.74 Å². The molecule has 0 bridgehead atoms. The van der Waals surface area contributed by atoms with Crippen molar-refractivity contribution in [1.82, 2.24) is 19.7 Å². The Morgan fingerprint density at radius 3 is 2.62 bits per heavy atom. The lowest BCUT2D eigenvalue weighted by atomic mass is 10.2. The van der Waals surface area contributed by atoms with Crippen molar-refractivity contribution in [3.05, 3.63) is 60.7 Å². The Kier molecular flexibility index (Phi) is 3.35. The van der Waals surface area contributed by atoms with Crippen molar-refractivity contribution in [1.29, 1.82) is 0 Å². The summed E-state index contributed by atoms with van der Waals surface area (Å²) in [5.74, 6) is 0.697. The standard InChI is InChI=1S/C20H16N4O2/c25-19(14-10-11-14)26-18-12-17(13-6-2-1-3-7-13)23-24(18)20-21-15-8-4-5-9-16(15)22-20/h1-9,12,14H,10-11H2,(H,21,22). The summed E-state index contributed by atoms with van der Waals surface area (Å²) in [5, 5.41) is 4.62. The van der Waals surface area contributed by atoms with E-state index in [1.165, 1.54) is 0 Å². The summed E-state index contributed by atoms with van der Waals surface area (Å²) in [7, 11) is 0. The van der Waals surface area contributed by atoms with Crippen LogP contribution in [0, 0.1) is 5.92 Å². The van der Waals surface area contributed by atoms with E-state index in [9.17, 15) is 4.79 Å². The van der Waals surface area contributed by atoms with Crippen molar-refractivity contribution >= 4 is 17.0 Å². The van der Waals surface area contributed by atoms with Crippen LogP contribution in [-0.4, -0.2) is 25.7 Å². The first-order valence-electron chi connectivity index (χ1n) is 8.60. The highest BCUT2D eigenvalue weighted by atomic mass is 16.5. The van der Waals surface area contributed by atoms with Gasteiger partial charge in [0.15, 0.2) is 0 Å². The number of aromatic nitrogens is 4. The van der Waals surface area contributed by atoms with Crippen LogP contribution in [0.15, 0.2) is 60.7 Å². The number of carbonyl (C=O) groups excluding carboxylic acids is 1. The summed E-state index contributed by atoms with van der Waals surface area (Å²) in [6, 6.07) is 19.3. The Bertz CT molecular complexity index is 1060. The minimum Gasteiger partial charge on any atom is -0.407 e. The number of hydrogen-bond donors (Lipinski definition) is 1. The number of aromatic amines is 1. The third kappa shape index (κ3) is 2.65. The number of hydrogen-bond acceptors (Lipinski definition) is 4. The highest BCUT2D eigenvalue weighted by molar-refractivity contribution is 5.78. The lowest BCUT2D eigenvalue weighted by Crippen LogP contribution is -2.13. The molecule has 1 N–H and O–H groups in total. The van der Waals surface area contributed by atoms with Crippen molar-refractivity contribution in [2.24, 2.45) is 5.92 Å². The molecule has 1 saturated carbocycles. The van der Waals surface area contributed by atoms with Crippen molar-refractivity contribution < 1.29 is 9.53 Å². The molecule has 5 rings (SSSR count). The van der Waals surface area contributed by atoms with Crippen molar-refractivity contribution in [2.75, 3.05) is 0 Å². The van der Waals surface area contributed by atoms with Crippen molar-refractivity contribution in [3.8, 4) is 23.1 Å². The van der Waals surface area contributed by atoms with Gasteiger partial charge in [0.1, 0.15) is 0 Å². The van der Waals surface area contributed by atoms with Crippen LogP contribution >= 0.6 is 0 Å². The second kappa shape index (κ2) is 5.84. The van der Waals surface area contributed by atoms with E-state index in [0.29, 0.717) is 11.8 Å². The number of nitrogens with zero attached hydrogens (tertiary/aromatic N) is 3. The van der Waals surface area contributed by atoms with Gasteiger partial charge >= 0.3 is 5.97 Å². The van der Waals surface area contributed by atoms with Crippen LogP contribution in [-0.2, 0) is 4.79 Å². The molecule has 2 aromatic heterocycles. The minimum atomic E-state index is -0.207. The molecule has 0 aliphatic heterocycles. The van der Waals surface area contributed by atoms with Crippen LogP contribution in [0.25, 0.3) is 28.2 Å². The Balaban J connectivity index is 1.61. The number of nitrogens with one attached hydrogen (secondary N) is 1. The summed E-state index contributed by atoms with van der Waals surface area (Å²) in [6.07, 6.45) is 1.78. The van der Waals surface area contributed by atoms with E-state index in [0.717, 1.165) is 35.1 Å². The predicted octanol–water partition coefficient (Wildman–Crippen LogP) is 3.73. The van der Waals surface area contributed by atoms with E-state index in [2.05, 4.69) is 15.1 Å². The molecule has 1 aliphatic rings. The largest absolute Gasteiger partial charge is 0.407 e. The van der Waals surface area contributed by atoms with Gasteiger partial charge in [0.25, 0.3) is 0 Å². The van der Waals surface area contributed by atoms with Gasteiger partial charge in [-0.2, -0.15) is 9.78 Å². The Morgan fingerprint density at radius 2 is 1.85 bits per heavy atom. The number of fused-ring (bicyclic) bond motifs is 1. The van der Waals surface area contributed by atoms with Gasteiger partial charge in [-0.15, -0.1) is 0 Å². The van der Waals surface area contributed by atoms with Crippen LogP contribution in [0.3, 0.4) is 0 Å². The number of imidazole rings is 1. The SMILES string of the molecule is O=C(Oc1cc(-c2ccccc2)nn1-c1nc2ccccc2[nH]1)C1CC1. The summed E-state index contributed by atoms with van der Waals surface area (Å²) in [5.41, 5.74) is 3.41. The van der Waals surface area contributed by atoms with Gasteiger partial charge in [0, 0.05) is 11.6 Å². The zero-order valence-corrected chi connectivity index (χ0v) is 13.9. The molecule has 128 valence electrons. The van der Waals surface area contributed by atoms with E-state index < -0.39 is 0 Å². The number of benzene rings is 2. The van der Waals surface area contributed by atoms with E-state index in [1.54, 1.807) is 10.7 Å². The third-order valence-electron chi connectivity index (χ3n) is 4.44. The topological polar surface area (TPSA) is 72.8 Å². The van der Waals surface area contributed by atoms with Gasteiger partial charge in [-0.1, -0.05) is 42.5 Å². The molecule has 4 aromatic rings. The molecule has 0 saturated heterocycles.